The molecular weight excluding hydrogens is 289 g/mol. The number of ketones is 1. The van der Waals surface area contributed by atoms with Gasteiger partial charge in [-0.3, -0.25) is 9.59 Å². The van der Waals surface area contributed by atoms with Gasteiger partial charge in [-0.2, -0.15) is 5.10 Å². The number of H-pyrrole nitrogens is 1. The normalized spacial score (nSPS) is 10.7. The van der Waals surface area contributed by atoms with Gasteiger partial charge in [-0.1, -0.05) is 23.2 Å². The van der Waals surface area contributed by atoms with Crippen LogP contribution in [0.1, 0.15) is 21.7 Å². The third-order valence-electron chi connectivity index (χ3n) is 2.69. The van der Waals surface area contributed by atoms with Crippen LogP contribution in [0, 0.1) is 13.8 Å². The number of halogens is 2. The van der Waals surface area contributed by atoms with E-state index in [4.69, 9.17) is 23.2 Å². The van der Waals surface area contributed by atoms with Gasteiger partial charge < -0.3 is 4.98 Å². The minimum Gasteiger partial charge on any atom is -0.362 e. The fraction of sp³-hybridized carbons (Fsp3) is 0.250. The van der Waals surface area contributed by atoms with Crippen molar-refractivity contribution in [3.63, 3.8) is 0 Å². The van der Waals surface area contributed by atoms with E-state index in [1.807, 2.05) is 6.92 Å². The largest absolute Gasteiger partial charge is 0.362 e. The first-order valence-electron chi connectivity index (χ1n) is 5.50. The first-order valence-corrected chi connectivity index (χ1v) is 6.26. The number of carbonyl (C=O) groups excluding carboxylic acids is 1. The summed E-state index contributed by atoms with van der Waals surface area (Å²) in [7, 11) is 0. The molecule has 0 radical (unpaired) electrons. The summed E-state index contributed by atoms with van der Waals surface area (Å²) in [5.74, 6) is -0.213. The lowest BCUT2D eigenvalue weighted by Gasteiger charge is -2.04. The van der Waals surface area contributed by atoms with Gasteiger partial charge in [0.15, 0.2) is 5.78 Å². The molecule has 0 atom stereocenters. The summed E-state index contributed by atoms with van der Waals surface area (Å²) in [6, 6.07) is 1.74. The van der Waals surface area contributed by atoms with E-state index in [1.165, 1.54) is 6.20 Å². The van der Waals surface area contributed by atoms with Crippen LogP contribution in [-0.4, -0.2) is 20.5 Å². The standard InChI is InChI=1S/C12H11Cl2N3O2/c1-6-3-8(7(2)16-6)10(18)5-17-12(19)11(14)9(13)4-15-17/h3-4,16H,5H2,1-2H3. The molecule has 0 unspecified atom stereocenters. The number of aryl methyl sites for hydroxylation is 2. The Labute approximate surface area is 119 Å². The average Bonchev–Trinajstić information content (AvgIpc) is 2.69. The van der Waals surface area contributed by atoms with Crippen molar-refractivity contribution in [2.45, 2.75) is 20.4 Å². The van der Waals surface area contributed by atoms with Crippen molar-refractivity contribution in [3.8, 4) is 0 Å². The van der Waals surface area contributed by atoms with Crippen molar-refractivity contribution >= 4 is 29.0 Å². The van der Waals surface area contributed by atoms with Gasteiger partial charge in [0.05, 0.1) is 11.2 Å². The maximum Gasteiger partial charge on any atom is 0.287 e. The second-order valence-electron chi connectivity index (χ2n) is 4.18. The van der Waals surface area contributed by atoms with E-state index in [-0.39, 0.29) is 22.4 Å². The Balaban J connectivity index is 2.32. The van der Waals surface area contributed by atoms with Gasteiger partial charge in [0.2, 0.25) is 0 Å². The Morgan fingerprint density at radius 2 is 2.11 bits per heavy atom. The van der Waals surface area contributed by atoms with Crippen molar-refractivity contribution in [2.24, 2.45) is 0 Å². The van der Waals surface area contributed by atoms with E-state index in [0.29, 0.717) is 5.56 Å². The predicted molar refractivity (Wildman–Crippen MR) is 73.1 cm³/mol. The molecule has 0 aromatic carbocycles. The van der Waals surface area contributed by atoms with Gasteiger partial charge >= 0.3 is 0 Å². The molecule has 0 aliphatic carbocycles. The van der Waals surface area contributed by atoms with Crippen LogP contribution in [-0.2, 0) is 6.54 Å². The number of nitrogens with one attached hydrogen (secondary N) is 1. The van der Waals surface area contributed by atoms with Crippen molar-refractivity contribution in [2.75, 3.05) is 0 Å². The number of nitrogens with zero attached hydrogens (tertiary/aromatic N) is 2. The van der Waals surface area contributed by atoms with E-state index in [9.17, 15) is 9.59 Å². The highest BCUT2D eigenvalue weighted by atomic mass is 35.5. The van der Waals surface area contributed by atoms with Crippen LogP contribution in [0.5, 0.6) is 0 Å². The van der Waals surface area contributed by atoms with Crippen LogP contribution in [0.3, 0.4) is 0 Å². The Kier molecular flexibility index (Phi) is 3.78. The summed E-state index contributed by atoms with van der Waals surface area (Å²) >= 11 is 11.4. The molecule has 0 bridgehead atoms. The average molecular weight is 300 g/mol. The topological polar surface area (TPSA) is 67.8 Å². The molecule has 7 heteroatoms. The Morgan fingerprint density at radius 3 is 2.68 bits per heavy atom. The monoisotopic (exact) mass is 299 g/mol. The maximum atomic E-state index is 12.1. The lowest BCUT2D eigenvalue weighted by atomic mass is 10.1. The van der Waals surface area contributed by atoms with Crippen LogP contribution in [0.25, 0.3) is 0 Å². The van der Waals surface area contributed by atoms with Crippen molar-refractivity contribution in [1.82, 2.24) is 14.8 Å². The van der Waals surface area contributed by atoms with Crippen LogP contribution in [0.2, 0.25) is 10.0 Å². The molecule has 2 heterocycles. The van der Waals surface area contributed by atoms with Crippen LogP contribution in [0.15, 0.2) is 17.1 Å². The molecule has 0 saturated heterocycles. The zero-order valence-corrected chi connectivity index (χ0v) is 11.8. The van der Waals surface area contributed by atoms with Crippen molar-refractivity contribution in [3.05, 3.63) is 49.6 Å². The predicted octanol–water partition coefficient (Wildman–Crippen LogP) is 2.38. The van der Waals surface area contributed by atoms with E-state index in [2.05, 4.69) is 10.1 Å². The molecule has 2 rings (SSSR count). The Hall–Kier alpha value is -1.59. The molecule has 0 amide bonds. The molecule has 0 spiro atoms. The minimum atomic E-state index is -0.576. The van der Waals surface area contributed by atoms with E-state index >= 15 is 0 Å². The highest BCUT2D eigenvalue weighted by Gasteiger charge is 2.15. The number of Topliss-reactive ketones (excluding diaryl/α,β-unsaturated/α-hetero) is 1. The molecule has 2 aromatic heterocycles. The lowest BCUT2D eigenvalue weighted by molar-refractivity contribution is 0.0965. The Morgan fingerprint density at radius 1 is 1.42 bits per heavy atom. The second kappa shape index (κ2) is 5.19. The van der Waals surface area contributed by atoms with Crippen LogP contribution < -0.4 is 5.56 Å². The third kappa shape index (κ3) is 2.72. The number of rotatable bonds is 3. The highest BCUT2D eigenvalue weighted by Crippen LogP contribution is 2.15. The molecule has 2 aromatic rings. The van der Waals surface area contributed by atoms with Crippen molar-refractivity contribution in [1.29, 1.82) is 0 Å². The van der Waals surface area contributed by atoms with Crippen LogP contribution >= 0.6 is 23.2 Å². The maximum absolute atomic E-state index is 12.1. The molecule has 0 fully saturated rings. The van der Waals surface area contributed by atoms with Gasteiger partial charge in [-0.25, -0.2) is 4.68 Å². The first-order chi connectivity index (χ1) is 8.90. The number of hydrogen-bond acceptors (Lipinski definition) is 3. The van der Waals surface area contributed by atoms with Gasteiger partial charge in [-0.15, -0.1) is 0 Å². The molecule has 1 N–H and O–H groups in total. The summed E-state index contributed by atoms with van der Waals surface area (Å²) in [5.41, 5.74) is 1.61. The number of aromatic amines is 1. The second-order valence-corrected chi connectivity index (χ2v) is 4.97. The van der Waals surface area contributed by atoms with Gasteiger partial charge in [0.25, 0.3) is 5.56 Å². The molecule has 19 heavy (non-hydrogen) atoms. The van der Waals surface area contributed by atoms with E-state index in [0.717, 1.165) is 16.1 Å². The molecule has 100 valence electrons. The fourth-order valence-electron chi connectivity index (χ4n) is 1.79. The third-order valence-corrected chi connectivity index (χ3v) is 3.43. The fourth-order valence-corrected chi connectivity index (χ4v) is 2.06. The summed E-state index contributed by atoms with van der Waals surface area (Å²) in [6.07, 6.45) is 1.24. The zero-order chi connectivity index (χ0) is 14.2. The summed E-state index contributed by atoms with van der Waals surface area (Å²) in [5, 5.41) is 3.74. The van der Waals surface area contributed by atoms with Gasteiger partial charge in [-0.05, 0) is 19.9 Å². The summed E-state index contributed by atoms with van der Waals surface area (Å²) in [6.45, 7) is 3.48. The molecule has 0 aliphatic rings. The van der Waals surface area contributed by atoms with E-state index < -0.39 is 5.56 Å². The van der Waals surface area contributed by atoms with Crippen LogP contribution in [0.4, 0.5) is 0 Å². The first kappa shape index (κ1) is 13.8. The van der Waals surface area contributed by atoms with Crippen molar-refractivity contribution < 1.29 is 4.79 Å². The summed E-state index contributed by atoms with van der Waals surface area (Å²) < 4.78 is 0.998. The quantitative estimate of drug-likeness (QED) is 0.885. The lowest BCUT2D eigenvalue weighted by Crippen LogP contribution is -2.27. The SMILES string of the molecule is Cc1cc(C(=O)Cn2ncc(Cl)c(Cl)c2=O)c(C)[nH]1. The number of carbonyl (C=O) groups is 1. The molecular formula is C12H11Cl2N3O2. The van der Waals surface area contributed by atoms with E-state index in [1.54, 1.807) is 13.0 Å². The molecule has 0 saturated carbocycles. The summed E-state index contributed by atoms with van der Waals surface area (Å²) in [4.78, 5) is 26.9. The molecule has 5 nitrogen and oxygen atoms in total. The smallest absolute Gasteiger partial charge is 0.287 e. The highest BCUT2D eigenvalue weighted by molar-refractivity contribution is 6.41. The Bertz CT molecular complexity index is 703. The molecule has 0 aliphatic heterocycles. The van der Waals surface area contributed by atoms with Gasteiger partial charge in [0.1, 0.15) is 11.6 Å². The number of aromatic nitrogens is 3. The zero-order valence-electron chi connectivity index (χ0n) is 10.3. The minimum absolute atomic E-state index is 0.0732. The van der Waals surface area contributed by atoms with Gasteiger partial charge in [0, 0.05) is 17.0 Å². The number of hydrogen-bond donors (Lipinski definition) is 1.